The standard InChI is InChI=1S/C13H21N3O2/c1-17-13-9-15-5-2-11(13)12(16-14)8-10-3-6-18-7-4-10/h2,5,9-10,12,16H,3-4,6-8,14H2,1H3. The zero-order valence-electron chi connectivity index (χ0n) is 10.8. The van der Waals surface area contributed by atoms with Gasteiger partial charge in [0.2, 0.25) is 0 Å². The van der Waals surface area contributed by atoms with E-state index in [4.69, 9.17) is 15.3 Å². The summed E-state index contributed by atoms with van der Waals surface area (Å²) in [5.74, 6) is 7.12. The summed E-state index contributed by atoms with van der Waals surface area (Å²) < 4.78 is 10.7. The SMILES string of the molecule is COc1cnccc1C(CC1CCOCC1)NN. The maximum absolute atomic E-state index is 5.69. The van der Waals surface area contributed by atoms with Crippen LogP contribution >= 0.6 is 0 Å². The second kappa shape index (κ2) is 6.68. The van der Waals surface area contributed by atoms with Crippen LogP contribution in [0, 0.1) is 5.92 Å². The fourth-order valence-electron chi connectivity index (χ4n) is 2.45. The number of pyridine rings is 1. The van der Waals surface area contributed by atoms with Gasteiger partial charge in [-0.1, -0.05) is 0 Å². The summed E-state index contributed by atoms with van der Waals surface area (Å²) in [7, 11) is 1.66. The lowest BCUT2D eigenvalue weighted by Crippen LogP contribution is -2.31. The van der Waals surface area contributed by atoms with Gasteiger partial charge in [0.1, 0.15) is 5.75 Å². The first-order valence-electron chi connectivity index (χ1n) is 6.37. The van der Waals surface area contributed by atoms with Crippen LogP contribution in [0.15, 0.2) is 18.5 Å². The molecule has 1 fully saturated rings. The molecule has 5 nitrogen and oxygen atoms in total. The normalized spacial score (nSPS) is 18.6. The van der Waals surface area contributed by atoms with Crippen LogP contribution in [-0.4, -0.2) is 25.3 Å². The third kappa shape index (κ3) is 3.19. The van der Waals surface area contributed by atoms with Crippen LogP contribution in [0.5, 0.6) is 5.75 Å². The van der Waals surface area contributed by atoms with Crippen molar-refractivity contribution in [2.24, 2.45) is 11.8 Å². The van der Waals surface area contributed by atoms with Crippen molar-refractivity contribution in [2.45, 2.75) is 25.3 Å². The zero-order valence-corrected chi connectivity index (χ0v) is 10.8. The van der Waals surface area contributed by atoms with E-state index in [2.05, 4.69) is 10.4 Å². The number of ether oxygens (including phenoxy) is 2. The Bertz CT molecular complexity index is 367. The number of nitrogens with two attached hydrogens (primary N) is 1. The van der Waals surface area contributed by atoms with Gasteiger partial charge >= 0.3 is 0 Å². The summed E-state index contributed by atoms with van der Waals surface area (Å²) in [6.07, 6.45) is 6.70. The van der Waals surface area contributed by atoms with E-state index in [1.165, 1.54) is 0 Å². The molecule has 1 aromatic heterocycles. The molecule has 3 N–H and O–H groups in total. The zero-order chi connectivity index (χ0) is 12.8. The van der Waals surface area contributed by atoms with Crippen LogP contribution in [0.2, 0.25) is 0 Å². The number of hydrogen-bond acceptors (Lipinski definition) is 5. The molecule has 1 aromatic rings. The number of hydrazine groups is 1. The van der Waals surface area contributed by atoms with E-state index in [1.807, 2.05) is 6.07 Å². The summed E-state index contributed by atoms with van der Waals surface area (Å²) in [5, 5.41) is 0. The second-order valence-corrected chi connectivity index (χ2v) is 4.63. The van der Waals surface area contributed by atoms with Crippen LogP contribution in [-0.2, 0) is 4.74 Å². The smallest absolute Gasteiger partial charge is 0.141 e. The van der Waals surface area contributed by atoms with Crippen molar-refractivity contribution < 1.29 is 9.47 Å². The lowest BCUT2D eigenvalue weighted by Gasteiger charge is -2.27. The van der Waals surface area contributed by atoms with Crippen molar-refractivity contribution in [1.29, 1.82) is 0 Å². The molecule has 0 radical (unpaired) electrons. The first-order chi connectivity index (χ1) is 8.85. The largest absolute Gasteiger partial charge is 0.495 e. The minimum Gasteiger partial charge on any atom is -0.495 e. The minimum atomic E-state index is 0.103. The first kappa shape index (κ1) is 13.3. The molecule has 0 spiro atoms. The van der Waals surface area contributed by atoms with Crippen LogP contribution in [0.4, 0.5) is 0 Å². The van der Waals surface area contributed by atoms with Gasteiger partial charge in [-0.3, -0.25) is 16.3 Å². The fraction of sp³-hybridized carbons (Fsp3) is 0.615. The number of rotatable bonds is 5. The Hall–Kier alpha value is -1.17. The summed E-state index contributed by atoms with van der Waals surface area (Å²) in [4.78, 5) is 4.07. The molecule has 2 heterocycles. The number of nitrogens with zero attached hydrogens (tertiary/aromatic N) is 1. The van der Waals surface area contributed by atoms with Crippen molar-refractivity contribution in [3.63, 3.8) is 0 Å². The van der Waals surface area contributed by atoms with E-state index in [9.17, 15) is 0 Å². The maximum atomic E-state index is 5.69. The highest BCUT2D eigenvalue weighted by Crippen LogP contribution is 2.31. The molecule has 1 atom stereocenters. The highest BCUT2D eigenvalue weighted by Gasteiger charge is 2.21. The van der Waals surface area contributed by atoms with Gasteiger partial charge in [-0.15, -0.1) is 0 Å². The molecule has 2 rings (SSSR count). The second-order valence-electron chi connectivity index (χ2n) is 4.63. The van der Waals surface area contributed by atoms with Crippen LogP contribution in [0.25, 0.3) is 0 Å². The average Bonchev–Trinajstić information content (AvgIpc) is 2.46. The lowest BCUT2D eigenvalue weighted by atomic mass is 9.90. The maximum Gasteiger partial charge on any atom is 0.141 e. The topological polar surface area (TPSA) is 69.4 Å². The van der Waals surface area contributed by atoms with Crippen molar-refractivity contribution >= 4 is 0 Å². The molecule has 18 heavy (non-hydrogen) atoms. The molecule has 0 aliphatic carbocycles. The molecule has 1 aliphatic rings. The van der Waals surface area contributed by atoms with Crippen LogP contribution in [0.3, 0.4) is 0 Å². The summed E-state index contributed by atoms with van der Waals surface area (Å²) in [5.41, 5.74) is 3.96. The monoisotopic (exact) mass is 251 g/mol. The van der Waals surface area contributed by atoms with E-state index in [0.29, 0.717) is 5.92 Å². The van der Waals surface area contributed by atoms with E-state index < -0.39 is 0 Å². The predicted molar refractivity (Wildman–Crippen MR) is 69.0 cm³/mol. The molecule has 0 aromatic carbocycles. The molecule has 100 valence electrons. The molecule has 0 amide bonds. The predicted octanol–water partition coefficient (Wildman–Crippen LogP) is 1.41. The van der Waals surface area contributed by atoms with Gasteiger partial charge in [-0.25, -0.2) is 0 Å². The van der Waals surface area contributed by atoms with Crippen LogP contribution in [0.1, 0.15) is 30.9 Å². The number of nitrogens with one attached hydrogen (secondary N) is 1. The first-order valence-corrected chi connectivity index (χ1v) is 6.37. The summed E-state index contributed by atoms with van der Waals surface area (Å²) >= 11 is 0. The molecule has 1 unspecified atom stereocenters. The summed E-state index contributed by atoms with van der Waals surface area (Å²) in [6.45, 7) is 1.71. The minimum absolute atomic E-state index is 0.103. The van der Waals surface area contributed by atoms with E-state index in [1.54, 1.807) is 19.5 Å². The number of aromatic nitrogens is 1. The molecule has 1 aliphatic heterocycles. The highest BCUT2D eigenvalue weighted by atomic mass is 16.5. The van der Waals surface area contributed by atoms with E-state index in [-0.39, 0.29) is 6.04 Å². The molecular weight excluding hydrogens is 230 g/mol. The Labute approximate surface area is 108 Å². The Morgan fingerprint density at radius 1 is 1.56 bits per heavy atom. The van der Waals surface area contributed by atoms with Crippen molar-refractivity contribution in [1.82, 2.24) is 10.4 Å². The third-order valence-corrected chi connectivity index (χ3v) is 3.52. The Morgan fingerprint density at radius 2 is 2.33 bits per heavy atom. The van der Waals surface area contributed by atoms with E-state index in [0.717, 1.165) is 43.8 Å². The molecule has 0 bridgehead atoms. The average molecular weight is 251 g/mol. The van der Waals surface area contributed by atoms with Crippen molar-refractivity contribution in [2.75, 3.05) is 20.3 Å². The van der Waals surface area contributed by atoms with Gasteiger partial charge in [0.05, 0.1) is 13.3 Å². The quantitative estimate of drug-likeness (QED) is 0.611. The molecule has 1 saturated heterocycles. The van der Waals surface area contributed by atoms with Gasteiger partial charge in [-0.2, -0.15) is 0 Å². The van der Waals surface area contributed by atoms with Gasteiger partial charge in [-0.05, 0) is 31.2 Å². The number of hydrogen-bond donors (Lipinski definition) is 2. The van der Waals surface area contributed by atoms with Crippen molar-refractivity contribution in [3.8, 4) is 5.75 Å². The summed E-state index contributed by atoms with van der Waals surface area (Å²) in [6, 6.07) is 2.06. The van der Waals surface area contributed by atoms with Gasteiger partial charge in [0.25, 0.3) is 0 Å². The fourth-order valence-corrected chi connectivity index (χ4v) is 2.45. The number of methoxy groups -OCH3 is 1. The molecule has 5 heteroatoms. The Morgan fingerprint density at radius 3 is 3.00 bits per heavy atom. The third-order valence-electron chi connectivity index (χ3n) is 3.52. The van der Waals surface area contributed by atoms with Crippen molar-refractivity contribution in [3.05, 3.63) is 24.0 Å². The van der Waals surface area contributed by atoms with Gasteiger partial charge in [0, 0.05) is 31.0 Å². The van der Waals surface area contributed by atoms with E-state index >= 15 is 0 Å². The molecular formula is C13H21N3O2. The molecule has 0 saturated carbocycles. The van der Waals surface area contributed by atoms with Crippen LogP contribution < -0.4 is 16.0 Å². The highest BCUT2D eigenvalue weighted by molar-refractivity contribution is 5.32. The Kier molecular flexibility index (Phi) is 4.92. The van der Waals surface area contributed by atoms with Gasteiger partial charge in [0.15, 0.2) is 0 Å². The Balaban J connectivity index is 2.07. The lowest BCUT2D eigenvalue weighted by molar-refractivity contribution is 0.0604. The van der Waals surface area contributed by atoms with Gasteiger partial charge < -0.3 is 9.47 Å².